The SMILES string of the molecule is CC[C@@]1(C)CCCC(CO)C1. The van der Waals surface area contributed by atoms with Crippen LogP contribution in [0.25, 0.3) is 0 Å². The Morgan fingerprint density at radius 2 is 2.27 bits per heavy atom. The van der Waals surface area contributed by atoms with Crippen LogP contribution < -0.4 is 0 Å². The molecule has 0 spiro atoms. The lowest BCUT2D eigenvalue weighted by Gasteiger charge is -2.36. The summed E-state index contributed by atoms with van der Waals surface area (Å²) in [6.45, 7) is 5.02. The van der Waals surface area contributed by atoms with E-state index in [0.717, 1.165) is 0 Å². The van der Waals surface area contributed by atoms with E-state index in [9.17, 15) is 0 Å². The maximum atomic E-state index is 9.02. The highest BCUT2D eigenvalue weighted by molar-refractivity contribution is 4.81. The number of aliphatic hydroxyl groups is 1. The molecule has 0 aliphatic heterocycles. The summed E-state index contributed by atoms with van der Waals surface area (Å²) in [5.41, 5.74) is 0.533. The van der Waals surface area contributed by atoms with Gasteiger partial charge in [-0.15, -0.1) is 0 Å². The Morgan fingerprint density at radius 1 is 1.55 bits per heavy atom. The van der Waals surface area contributed by atoms with Crippen LogP contribution in [0.15, 0.2) is 0 Å². The number of aliphatic hydroxyl groups excluding tert-OH is 1. The molecule has 1 saturated carbocycles. The lowest BCUT2D eigenvalue weighted by molar-refractivity contribution is 0.103. The Kier molecular flexibility index (Phi) is 2.94. The summed E-state index contributed by atoms with van der Waals surface area (Å²) in [4.78, 5) is 0. The number of rotatable bonds is 2. The molecule has 1 heteroatoms. The Bertz CT molecular complexity index is 122. The van der Waals surface area contributed by atoms with E-state index in [1.54, 1.807) is 0 Å². The predicted molar refractivity (Wildman–Crippen MR) is 47.4 cm³/mol. The van der Waals surface area contributed by atoms with Crippen molar-refractivity contribution in [2.75, 3.05) is 6.61 Å². The summed E-state index contributed by atoms with van der Waals surface area (Å²) in [6, 6.07) is 0. The zero-order valence-electron chi connectivity index (χ0n) is 7.77. The monoisotopic (exact) mass is 156 g/mol. The van der Waals surface area contributed by atoms with Crippen LogP contribution in [0.3, 0.4) is 0 Å². The van der Waals surface area contributed by atoms with Crippen LogP contribution in [0.1, 0.15) is 46.0 Å². The predicted octanol–water partition coefficient (Wildman–Crippen LogP) is 2.59. The third-order valence-corrected chi connectivity index (χ3v) is 3.29. The molecule has 0 aromatic heterocycles. The quantitative estimate of drug-likeness (QED) is 0.651. The van der Waals surface area contributed by atoms with E-state index >= 15 is 0 Å². The lowest BCUT2D eigenvalue weighted by Crippen LogP contribution is -2.26. The molecule has 1 nitrogen and oxygen atoms in total. The van der Waals surface area contributed by atoms with E-state index in [4.69, 9.17) is 5.11 Å². The van der Waals surface area contributed by atoms with Crippen LogP contribution >= 0.6 is 0 Å². The van der Waals surface area contributed by atoms with Gasteiger partial charge in [0.15, 0.2) is 0 Å². The zero-order valence-corrected chi connectivity index (χ0v) is 7.77. The highest BCUT2D eigenvalue weighted by Crippen LogP contribution is 2.41. The topological polar surface area (TPSA) is 20.2 Å². The van der Waals surface area contributed by atoms with Crippen molar-refractivity contribution in [2.24, 2.45) is 11.3 Å². The minimum absolute atomic E-state index is 0.398. The molecule has 1 aliphatic rings. The fraction of sp³-hybridized carbons (Fsp3) is 1.00. The molecule has 1 fully saturated rings. The summed E-state index contributed by atoms with van der Waals surface area (Å²) in [5, 5.41) is 9.02. The van der Waals surface area contributed by atoms with Gasteiger partial charge in [0.05, 0.1) is 0 Å². The summed E-state index contributed by atoms with van der Waals surface area (Å²) in [6.07, 6.45) is 6.42. The third-order valence-electron chi connectivity index (χ3n) is 3.29. The summed E-state index contributed by atoms with van der Waals surface area (Å²) < 4.78 is 0. The molecule has 0 saturated heterocycles. The lowest BCUT2D eigenvalue weighted by atomic mass is 9.70. The minimum atomic E-state index is 0.398. The van der Waals surface area contributed by atoms with Crippen molar-refractivity contribution >= 4 is 0 Å². The van der Waals surface area contributed by atoms with Gasteiger partial charge in [-0.2, -0.15) is 0 Å². The minimum Gasteiger partial charge on any atom is -0.396 e. The van der Waals surface area contributed by atoms with E-state index in [1.807, 2.05) is 0 Å². The summed E-state index contributed by atoms with van der Waals surface area (Å²) >= 11 is 0. The van der Waals surface area contributed by atoms with Gasteiger partial charge in [0.2, 0.25) is 0 Å². The Labute approximate surface area is 69.8 Å². The molecule has 1 unspecified atom stereocenters. The van der Waals surface area contributed by atoms with Gasteiger partial charge in [-0.25, -0.2) is 0 Å². The summed E-state index contributed by atoms with van der Waals surface area (Å²) in [7, 11) is 0. The van der Waals surface area contributed by atoms with Crippen LogP contribution in [0.5, 0.6) is 0 Å². The second-order valence-corrected chi connectivity index (χ2v) is 4.31. The maximum absolute atomic E-state index is 9.02. The van der Waals surface area contributed by atoms with Gasteiger partial charge >= 0.3 is 0 Å². The molecule has 0 heterocycles. The smallest absolute Gasteiger partial charge is 0.0459 e. The molecule has 0 aromatic rings. The zero-order chi connectivity index (χ0) is 8.32. The van der Waals surface area contributed by atoms with E-state index in [2.05, 4.69) is 13.8 Å². The Hall–Kier alpha value is -0.0400. The van der Waals surface area contributed by atoms with Crippen molar-refractivity contribution in [2.45, 2.75) is 46.0 Å². The van der Waals surface area contributed by atoms with Crippen molar-refractivity contribution < 1.29 is 5.11 Å². The van der Waals surface area contributed by atoms with Crippen molar-refractivity contribution in [3.8, 4) is 0 Å². The number of hydrogen-bond donors (Lipinski definition) is 1. The first-order valence-electron chi connectivity index (χ1n) is 4.81. The molecule has 2 atom stereocenters. The molecular weight excluding hydrogens is 136 g/mol. The van der Waals surface area contributed by atoms with Gasteiger partial charge in [-0.05, 0) is 30.6 Å². The van der Waals surface area contributed by atoms with E-state index < -0.39 is 0 Å². The normalized spacial score (nSPS) is 39.0. The first kappa shape index (κ1) is 9.05. The van der Waals surface area contributed by atoms with Gasteiger partial charge < -0.3 is 5.11 Å². The van der Waals surface area contributed by atoms with E-state index in [1.165, 1.54) is 32.1 Å². The largest absolute Gasteiger partial charge is 0.396 e. The standard InChI is InChI=1S/C10H20O/c1-3-10(2)6-4-5-9(7-10)8-11/h9,11H,3-8H2,1-2H3/t9?,10-/m0/s1. The van der Waals surface area contributed by atoms with Crippen molar-refractivity contribution in [3.63, 3.8) is 0 Å². The van der Waals surface area contributed by atoms with Crippen LogP contribution in [0, 0.1) is 11.3 Å². The van der Waals surface area contributed by atoms with E-state index in [0.29, 0.717) is 17.9 Å². The molecule has 1 aliphatic carbocycles. The van der Waals surface area contributed by atoms with Crippen molar-refractivity contribution in [1.29, 1.82) is 0 Å². The van der Waals surface area contributed by atoms with Gasteiger partial charge in [0.1, 0.15) is 0 Å². The highest BCUT2D eigenvalue weighted by Gasteiger charge is 2.29. The Morgan fingerprint density at radius 3 is 2.82 bits per heavy atom. The first-order chi connectivity index (χ1) is 5.20. The second kappa shape index (κ2) is 3.57. The fourth-order valence-electron chi connectivity index (χ4n) is 2.20. The average Bonchev–Trinajstić information content (AvgIpc) is 2.05. The maximum Gasteiger partial charge on any atom is 0.0459 e. The number of hydrogen-bond acceptors (Lipinski definition) is 1. The second-order valence-electron chi connectivity index (χ2n) is 4.31. The molecular formula is C10H20O. The molecule has 0 radical (unpaired) electrons. The van der Waals surface area contributed by atoms with Crippen molar-refractivity contribution in [1.82, 2.24) is 0 Å². The average molecular weight is 156 g/mol. The molecule has 0 bridgehead atoms. The van der Waals surface area contributed by atoms with Crippen LogP contribution in [0.2, 0.25) is 0 Å². The van der Waals surface area contributed by atoms with Gasteiger partial charge in [0.25, 0.3) is 0 Å². The molecule has 0 amide bonds. The molecule has 1 rings (SSSR count). The third kappa shape index (κ3) is 2.19. The first-order valence-corrected chi connectivity index (χ1v) is 4.81. The van der Waals surface area contributed by atoms with Crippen LogP contribution in [0.4, 0.5) is 0 Å². The fourth-order valence-corrected chi connectivity index (χ4v) is 2.20. The Balaban J connectivity index is 2.44. The van der Waals surface area contributed by atoms with E-state index in [-0.39, 0.29) is 0 Å². The highest BCUT2D eigenvalue weighted by atomic mass is 16.3. The van der Waals surface area contributed by atoms with Crippen LogP contribution in [-0.2, 0) is 0 Å². The molecule has 1 N–H and O–H groups in total. The van der Waals surface area contributed by atoms with Gasteiger partial charge in [-0.3, -0.25) is 0 Å². The van der Waals surface area contributed by atoms with Gasteiger partial charge in [0, 0.05) is 6.61 Å². The van der Waals surface area contributed by atoms with Crippen LogP contribution in [-0.4, -0.2) is 11.7 Å². The van der Waals surface area contributed by atoms with Crippen molar-refractivity contribution in [3.05, 3.63) is 0 Å². The molecule has 66 valence electrons. The van der Waals surface area contributed by atoms with Gasteiger partial charge in [-0.1, -0.05) is 26.7 Å². The summed E-state index contributed by atoms with van der Waals surface area (Å²) in [5.74, 6) is 0.591. The molecule has 0 aromatic carbocycles. The molecule has 11 heavy (non-hydrogen) atoms.